The molecule has 0 saturated carbocycles. The zero-order valence-corrected chi connectivity index (χ0v) is 15.3. The van der Waals surface area contributed by atoms with Crippen LogP contribution >= 0.6 is 23.1 Å². The zero-order chi connectivity index (χ0) is 17.3. The topological polar surface area (TPSA) is 34.9 Å². The highest BCUT2D eigenvalue weighted by molar-refractivity contribution is 8.01. The van der Waals surface area contributed by atoms with Crippen LogP contribution in [0.3, 0.4) is 0 Å². The summed E-state index contributed by atoms with van der Waals surface area (Å²) in [5.41, 5.74) is 4.37. The van der Waals surface area contributed by atoms with Gasteiger partial charge in [-0.1, -0.05) is 11.8 Å². The average molecular weight is 360 g/mol. The highest BCUT2D eigenvalue weighted by Crippen LogP contribution is 2.26. The Hall–Kier alpha value is -1.92. The molecule has 1 aromatic carbocycles. The molecule has 0 unspecified atom stereocenters. The van der Waals surface area contributed by atoms with Gasteiger partial charge in [-0.25, -0.2) is 9.37 Å². The number of aromatic nitrogens is 2. The second-order valence-electron chi connectivity index (χ2n) is 5.56. The maximum absolute atomic E-state index is 13.1. The van der Waals surface area contributed by atoms with Crippen LogP contribution in [-0.2, 0) is 0 Å². The predicted molar refractivity (Wildman–Crippen MR) is 97.1 cm³/mol. The molecule has 0 fully saturated rings. The lowest BCUT2D eigenvalue weighted by Gasteiger charge is -2.09. The Kier molecular flexibility index (Phi) is 4.87. The van der Waals surface area contributed by atoms with Crippen LogP contribution in [0.1, 0.15) is 27.4 Å². The molecule has 0 aliphatic carbocycles. The van der Waals surface area contributed by atoms with Crippen molar-refractivity contribution in [3.8, 4) is 5.69 Å². The van der Waals surface area contributed by atoms with Crippen LogP contribution in [0.25, 0.3) is 5.69 Å². The Morgan fingerprint density at radius 2 is 1.96 bits per heavy atom. The number of rotatable bonds is 5. The molecule has 0 aliphatic rings. The summed E-state index contributed by atoms with van der Waals surface area (Å²) >= 11 is 3.02. The van der Waals surface area contributed by atoms with Gasteiger partial charge in [0.2, 0.25) is 0 Å². The van der Waals surface area contributed by atoms with Crippen molar-refractivity contribution in [3.63, 3.8) is 0 Å². The first-order chi connectivity index (χ1) is 11.5. The second kappa shape index (κ2) is 6.91. The molecule has 2 aromatic heterocycles. The van der Waals surface area contributed by atoms with Crippen LogP contribution in [-0.4, -0.2) is 21.1 Å². The summed E-state index contributed by atoms with van der Waals surface area (Å²) in [5.74, 6) is 0.169. The largest absolute Gasteiger partial charge is 0.318 e. The summed E-state index contributed by atoms with van der Waals surface area (Å²) in [6.07, 6.45) is 0. The average Bonchev–Trinajstić information content (AvgIpc) is 3.09. The smallest absolute Gasteiger partial charge is 0.174 e. The van der Waals surface area contributed by atoms with E-state index in [1.807, 2.05) is 36.8 Å². The van der Waals surface area contributed by atoms with E-state index < -0.39 is 0 Å². The van der Waals surface area contributed by atoms with Gasteiger partial charge in [0.05, 0.1) is 5.75 Å². The molecule has 0 spiro atoms. The summed E-state index contributed by atoms with van der Waals surface area (Å²) < 4.78 is 16.0. The molecular weight excluding hydrogens is 343 g/mol. The maximum atomic E-state index is 13.1. The van der Waals surface area contributed by atoms with E-state index in [1.54, 1.807) is 23.5 Å². The van der Waals surface area contributed by atoms with Crippen molar-refractivity contribution in [2.75, 3.05) is 5.75 Å². The summed E-state index contributed by atoms with van der Waals surface area (Å²) in [4.78, 5) is 16.9. The van der Waals surface area contributed by atoms with Gasteiger partial charge in [0.1, 0.15) is 5.82 Å². The van der Waals surface area contributed by atoms with Crippen molar-refractivity contribution >= 4 is 28.9 Å². The number of carbonyl (C=O) groups is 1. The molecule has 3 nitrogen and oxygen atoms in total. The number of hydrogen-bond donors (Lipinski definition) is 0. The van der Waals surface area contributed by atoms with Crippen LogP contribution in [0.5, 0.6) is 0 Å². The Labute approximate surface area is 148 Å². The molecule has 124 valence electrons. The second-order valence-corrected chi connectivity index (χ2v) is 7.64. The first-order valence-electron chi connectivity index (χ1n) is 7.48. The number of ketones is 1. The molecule has 24 heavy (non-hydrogen) atoms. The molecule has 0 amide bonds. The minimum atomic E-state index is -0.271. The molecule has 3 rings (SSSR count). The van der Waals surface area contributed by atoms with Crippen molar-refractivity contribution in [3.05, 3.63) is 64.2 Å². The van der Waals surface area contributed by atoms with Crippen molar-refractivity contribution in [2.24, 2.45) is 0 Å². The SMILES string of the molecule is Cc1csc(SCC(=O)c2cc(C)n(-c3ccc(F)cc3)c2C)n1. The number of hydrogen-bond acceptors (Lipinski definition) is 4. The van der Waals surface area contributed by atoms with Crippen molar-refractivity contribution in [2.45, 2.75) is 25.1 Å². The molecule has 0 aliphatic heterocycles. The number of carbonyl (C=O) groups excluding carboxylic acids is 1. The third-order valence-corrected chi connectivity index (χ3v) is 5.88. The number of Topliss-reactive ketones (excluding diaryl/α,β-unsaturated/α-hetero) is 1. The minimum Gasteiger partial charge on any atom is -0.318 e. The van der Waals surface area contributed by atoms with E-state index in [-0.39, 0.29) is 11.6 Å². The van der Waals surface area contributed by atoms with Gasteiger partial charge in [-0.15, -0.1) is 11.3 Å². The fourth-order valence-electron chi connectivity index (χ4n) is 2.64. The fraction of sp³-hybridized carbons (Fsp3) is 0.222. The Morgan fingerprint density at radius 1 is 1.25 bits per heavy atom. The lowest BCUT2D eigenvalue weighted by molar-refractivity contribution is 0.102. The quantitative estimate of drug-likeness (QED) is 0.476. The first-order valence-corrected chi connectivity index (χ1v) is 9.35. The van der Waals surface area contributed by atoms with Gasteiger partial charge in [0.25, 0.3) is 0 Å². The van der Waals surface area contributed by atoms with Gasteiger partial charge in [0.15, 0.2) is 10.1 Å². The highest BCUT2D eigenvalue weighted by Gasteiger charge is 2.17. The van der Waals surface area contributed by atoms with Crippen LogP contribution < -0.4 is 0 Å². The van der Waals surface area contributed by atoms with E-state index in [2.05, 4.69) is 4.98 Å². The summed E-state index contributed by atoms with van der Waals surface area (Å²) in [7, 11) is 0. The third kappa shape index (κ3) is 3.44. The maximum Gasteiger partial charge on any atom is 0.174 e. The van der Waals surface area contributed by atoms with Gasteiger partial charge < -0.3 is 4.57 Å². The van der Waals surface area contributed by atoms with Crippen molar-refractivity contribution in [1.82, 2.24) is 9.55 Å². The first kappa shape index (κ1) is 16.9. The number of nitrogens with zero attached hydrogens (tertiary/aromatic N) is 2. The van der Waals surface area contributed by atoms with Gasteiger partial charge in [0, 0.05) is 33.7 Å². The fourth-order valence-corrected chi connectivity index (χ4v) is 4.37. The van der Waals surface area contributed by atoms with E-state index in [1.165, 1.54) is 23.9 Å². The van der Waals surface area contributed by atoms with Crippen LogP contribution in [0.15, 0.2) is 40.1 Å². The number of aryl methyl sites for hydroxylation is 2. The predicted octanol–water partition coefficient (Wildman–Crippen LogP) is 4.97. The van der Waals surface area contributed by atoms with E-state index in [0.29, 0.717) is 11.3 Å². The van der Waals surface area contributed by atoms with E-state index >= 15 is 0 Å². The number of halogens is 1. The molecule has 3 aromatic rings. The number of thioether (sulfide) groups is 1. The molecular formula is C18H17FN2OS2. The highest BCUT2D eigenvalue weighted by atomic mass is 32.2. The van der Waals surface area contributed by atoms with E-state index in [4.69, 9.17) is 0 Å². The van der Waals surface area contributed by atoms with Gasteiger partial charge in [-0.05, 0) is 51.1 Å². The van der Waals surface area contributed by atoms with Gasteiger partial charge >= 0.3 is 0 Å². The monoisotopic (exact) mass is 360 g/mol. The number of benzene rings is 1. The molecule has 2 heterocycles. The lowest BCUT2D eigenvalue weighted by atomic mass is 10.2. The number of thiazole rings is 1. The molecule has 0 atom stereocenters. The molecule has 6 heteroatoms. The zero-order valence-electron chi connectivity index (χ0n) is 13.7. The van der Waals surface area contributed by atoms with Crippen LogP contribution in [0, 0.1) is 26.6 Å². The minimum absolute atomic E-state index is 0.0781. The van der Waals surface area contributed by atoms with Crippen molar-refractivity contribution in [1.29, 1.82) is 0 Å². The van der Waals surface area contributed by atoms with E-state index in [0.717, 1.165) is 27.1 Å². The Bertz CT molecular complexity index is 881. The Balaban J connectivity index is 1.82. The van der Waals surface area contributed by atoms with E-state index in [9.17, 15) is 9.18 Å². The summed E-state index contributed by atoms with van der Waals surface area (Å²) in [6.45, 7) is 5.81. The van der Waals surface area contributed by atoms with Gasteiger partial charge in [-0.2, -0.15) is 0 Å². The molecule has 0 N–H and O–H groups in total. The standard InChI is InChI=1S/C18H17FN2OS2/c1-11-9-23-18(20-11)24-10-17(22)16-8-12(2)21(13(16)3)15-6-4-14(19)5-7-15/h4-9H,10H2,1-3H3. The van der Waals surface area contributed by atoms with Crippen molar-refractivity contribution < 1.29 is 9.18 Å². The van der Waals surface area contributed by atoms with Crippen LogP contribution in [0.2, 0.25) is 0 Å². The third-order valence-electron chi connectivity index (χ3n) is 3.74. The summed E-state index contributed by atoms with van der Waals surface area (Å²) in [6, 6.07) is 8.19. The molecule has 0 bridgehead atoms. The van der Waals surface area contributed by atoms with Crippen LogP contribution in [0.4, 0.5) is 4.39 Å². The summed E-state index contributed by atoms with van der Waals surface area (Å²) in [5, 5.41) is 1.98. The normalized spacial score (nSPS) is 11.0. The molecule has 0 saturated heterocycles. The van der Waals surface area contributed by atoms with Gasteiger partial charge in [-0.3, -0.25) is 4.79 Å². The lowest BCUT2D eigenvalue weighted by Crippen LogP contribution is -2.05. The molecule has 0 radical (unpaired) electrons. The Morgan fingerprint density at radius 3 is 2.58 bits per heavy atom.